The number of hydrogen-bond acceptors (Lipinski definition) is 10. The Balaban J connectivity index is 1.61. The van der Waals surface area contributed by atoms with Crippen LogP contribution < -0.4 is 5.73 Å². The summed E-state index contributed by atoms with van der Waals surface area (Å²) in [6.45, 7) is 1.29. The summed E-state index contributed by atoms with van der Waals surface area (Å²) in [5.74, 6) is -8.29. The standard InChI is InChI=1S/C27H32FN3O8/c1-30(2)21-15-7-11-6-14-18(16(32)8-12(20(14)28)9-31(3)13-4-5-39-10-13)22(33)17(11)24(35)27(15,38)25(36)19(23(21)34)26(29)37/h8,11,13,15,21,32,34-35,38H,4-7,9-10H2,1-3H3,(H2,29,37)/t11-,13-,15-,21-,27-/m0/s1. The Morgan fingerprint density at radius 3 is 2.51 bits per heavy atom. The van der Waals surface area contributed by atoms with Gasteiger partial charge < -0.3 is 30.9 Å². The third kappa shape index (κ3) is 3.88. The number of amides is 1. The van der Waals surface area contributed by atoms with E-state index in [1.807, 2.05) is 11.9 Å². The second-order valence-corrected chi connectivity index (χ2v) is 11.1. The van der Waals surface area contributed by atoms with Crippen LogP contribution >= 0.6 is 0 Å². The SMILES string of the molecule is CN(C)[C@@H]1C(O)=C(C(N)=O)C(=O)[C@@]2(O)C(O)=C3C(=O)c4c(O)cc(CN(C)[C@H]5CCOC5)c(F)c4C[C@H]3C[C@@H]12. The fraction of sp³-hybridized carbons (Fsp3) is 0.519. The average Bonchev–Trinajstić information content (AvgIpc) is 3.39. The van der Waals surface area contributed by atoms with Gasteiger partial charge in [-0.15, -0.1) is 0 Å². The number of nitrogens with two attached hydrogens (primary N) is 1. The highest BCUT2D eigenvalue weighted by atomic mass is 19.1. The van der Waals surface area contributed by atoms with Crippen molar-refractivity contribution < 1.29 is 43.9 Å². The highest BCUT2D eigenvalue weighted by Gasteiger charge is 2.63. The van der Waals surface area contributed by atoms with Crippen molar-refractivity contribution in [3.63, 3.8) is 0 Å². The predicted octanol–water partition coefficient (Wildman–Crippen LogP) is 0.480. The number of Topliss-reactive ketones (excluding diaryl/α,β-unsaturated/α-hetero) is 2. The number of aliphatic hydroxyl groups excluding tert-OH is 2. The molecule has 5 atom stereocenters. The van der Waals surface area contributed by atoms with Crippen LogP contribution in [0, 0.1) is 17.7 Å². The molecule has 0 saturated carbocycles. The van der Waals surface area contributed by atoms with Gasteiger partial charge in [-0.05, 0) is 52.4 Å². The number of phenols is 1. The molecule has 1 saturated heterocycles. The molecule has 4 aliphatic rings. The van der Waals surface area contributed by atoms with Crippen molar-refractivity contribution in [3.05, 3.63) is 51.2 Å². The first-order valence-corrected chi connectivity index (χ1v) is 12.8. The Bertz CT molecular complexity index is 1350. The molecule has 1 aromatic rings. The lowest BCUT2D eigenvalue weighted by atomic mass is 9.58. The van der Waals surface area contributed by atoms with Crippen LogP contribution in [0.2, 0.25) is 0 Å². The van der Waals surface area contributed by atoms with E-state index in [0.717, 1.165) is 6.42 Å². The molecule has 12 heteroatoms. The molecular formula is C27H32FN3O8. The molecule has 0 radical (unpaired) electrons. The Kier molecular flexibility index (Phi) is 6.57. The summed E-state index contributed by atoms with van der Waals surface area (Å²) in [6, 6.07) is 0.156. The Labute approximate surface area is 223 Å². The van der Waals surface area contributed by atoms with Crippen molar-refractivity contribution in [3.8, 4) is 5.75 Å². The van der Waals surface area contributed by atoms with Crippen molar-refractivity contribution in [2.75, 3.05) is 34.4 Å². The van der Waals surface area contributed by atoms with Crippen LogP contribution in [0.25, 0.3) is 0 Å². The molecule has 1 aliphatic heterocycles. The Morgan fingerprint density at radius 1 is 1.23 bits per heavy atom. The number of aliphatic hydroxyl groups is 3. The molecule has 0 aromatic heterocycles. The second kappa shape index (κ2) is 9.40. The van der Waals surface area contributed by atoms with E-state index in [-0.39, 0.29) is 47.7 Å². The number of aromatic hydroxyl groups is 1. The normalized spacial score (nSPS) is 30.6. The average molecular weight is 546 g/mol. The Hall–Kier alpha value is -3.32. The van der Waals surface area contributed by atoms with Gasteiger partial charge in [-0.3, -0.25) is 24.2 Å². The monoisotopic (exact) mass is 545 g/mol. The van der Waals surface area contributed by atoms with Gasteiger partial charge in [0, 0.05) is 41.8 Å². The molecule has 210 valence electrons. The number of nitrogens with zero attached hydrogens (tertiary/aromatic N) is 2. The first-order chi connectivity index (χ1) is 18.3. The number of fused-ring (bicyclic) bond motifs is 3. The van der Waals surface area contributed by atoms with Crippen LogP contribution in [0.4, 0.5) is 4.39 Å². The van der Waals surface area contributed by atoms with Crippen molar-refractivity contribution in [2.45, 2.75) is 43.5 Å². The van der Waals surface area contributed by atoms with E-state index in [9.17, 15) is 34.8 Å². The maximum atomic E-state index is 15.9. The molecule has 11 nitrogen and oxygen atoms in total. The molecule has 0 unspecified atom stereocenters. The van der Waals surface area contributed by atoms with E-state index in [1.54, 1.807) is 14.1 Å². The van der Waals surface area contributed by atoms with Crippen LogP contribution in [0.5, 0.6) is 5.75 Å². The molecule has 1 amide bonds. The largest absolute Gasteiger partial charge is 0.510 e. The maximum Gasteiger partial charge on any atom is 0.255 e. The zero-order valence-corrected chi connectivity index (χ0v) is 21.9. The van der Waals surface area contributed by atoms with Crippen LogP contribution in [0.15, 0.2) is 28.7 Å². The van der Waals surface area contributed by atoms with Gasteiger partial charge in [0.25, 0.3) is 5.91 Å². The number of rotatable bonds is 5. The number of benzene rings is 1. The zero-order chi connectivity index (χ0) is 28.5. The summed E-state index contributed by atoms with van der Waals surface area (Å²) < 4.78 is 21.3. The fourth-order valence-electron chi connectivity index (χ4n) is 6.74. The van der Waals surface area contributed by atoms with E-state index < -0.39 is 69.6 Å². The molecule has 1 aromatic carbocycles. The van der Waals surface area contributed by atoms with Gasteiger partial charge in [0.15, 0.2) is 11.4 Å². The lowest BCUT2D eigenvalue weighted by Gasteiger charge is -2.50. The zero-order valence-electron chi connectivity index (χ0n) is 21.9. The van der Waals surface area contributed by atoms with Gasteiger partial charge in [0.1, 0.15) is 28.7 Å². The Morgan fingerprint density at radius 2 is 1.92 bits per heavy atom. The minimum atomic E-state index is -2.73. The third-order valence-corrected chi connectivity index (χ3v) is 8.68. The highest BCUT2D eigenvalue weighted by Crippen LogP contribution is 2.52. The molecular weight excluding hydrogens is 513 g/mol. The van der Waals surface area contributed by atoms with E-state index in [0.29, 0.717) is 13.2 Å². The van der Waals surface area contributed by atoms with Crippen LogP contribution in [0.1, 0.15) is 34.3 Å². The summed E-state index contributed by atoms with van der Waals surface area (Å²) in [6.07, 6.45) is 0.589. The summed E-state index contributed by atoms with van der Waals surface area (Å²) in [5, 5.41) is 44.5. The molecule has 6 N–H and O–H groups in total. The second-order valence-electron chi connectivity index (χ2n) is 11.1. The number of carbonyl (C=O) groups excluding carboxylic acids is 3. The van der Waals surface area contributed by atoms with Gasteiger partial charge in [-0.25, -0.2) is 4.39 Å². The number of primary amides is 1. The fourth-order valence-corrected chi connectivity index (χ4v) is 6.74. The van der Waals surface area contributed by atoms with Crippen LogP contribution in [-0.2, 0) is 27.3 Å². The topological polar surface area (TPSA) is 174 Å². The number of ether oxygens (including phenoxy) is 1. The van der Waals surface area contributed by atoms with Crippen LogP contribution in [-0.4, -0.2) is 99.7 Å². The maximum absolute atomic E-state index is 15.9. The summed E-state index contributed by atoms with van der Waals surface area (Å²) >= 11 is 0. The van der Waals surface area contributed by atoms with Crippen molar-refractivity contribution in [2.24, 2.45) is 17.6 Å². The van der Waals surface area contributed by atoms with E-state index in [4.69, 9.17) is 10.5 Å². The predicted molar refractivity (Wildman–Crippen MR) is 134 cm³/mol. The van der Waals surface area contributed by atoms with Crippen LogP contribution in [0.3, 0.4) is 0 Å². The molecule has 1 fully saturated rings. The molecule has 5 rings (SSSR count). The number of allylic oxidation sites excluding steroid dienone is 1. The minimum absolute atomic E-state index is 0.0146. The number of hydrogen-bond donors (Lipinski definition) is 5. The van der Waals surface area contributed by atoms with Gasteiger partial charge in [-0.1, -0.05) is 0 Å². The number of ketones is 2. The molecule has 1 heterocycles. The summed E-state index contributed by atoms with van der Waals surface area (Å²) in [4.78, 5) is 42.4. The van der Waals surface area contributed by atoms with E-state index >= 15 is 4.39 Å². The number of halogens is 1. The third-order valence-electron chi connectivity index (χ3n) is 8.68. The molecule has 0 bridgehead atoms. The van der Waals surface area contributed by atoms with Gasteiger partial charge >= 0.3 is 0 Å². The number of carbonyl (C=O) groups is 3. The van der Waals surface area contributed by atoms with Gasteiger partial charge in [0.05, 0.1) is 18.2 Å². The molecule has 39 heavy (non-hydrogen) atoms. The number of likely N-dealkylation sites (N-methyl/N-ethyl adjacent to an activating group) is 2. The lowest BCUT2D eigenvalue weighted by Crippen LogP contribution is -2.63. The first-order valence-electron chi connectivity index (χ1n) is 12.8. The van der Waals surface area contributed by atoms with Crippen molar-refractivity contribution in [1.82, 2.24) is 9.80 Å². The van der Waals surface area contributed by atoms with E-state index in [2.05, 4.69) is 0 Å². The highest BCUT2D eigenvalue weighted by molar-refractivity contribution is 6.24. The van der Waals surface area contributed by atoms with Crippen molar-refractivity contribution >= 4 is 17.5 Å². The summed E-state index contributed by atoms with van der Waals surface area (Å²) in [7, 11) is 4.91. The molecule has 3 aliphatic carbocycles. The van der Waals surface area contributed by atoms with Gasteiger partial charge in [0.2, 0.25) is 5.78 Å². The minimum Gasteiger partial charge on any atom is -0.510 e. The van der Waals surface area contributed by atoms with Gasteiger partial charge in [-0.2, -0.15) is 0 Å². The summed E-state index contributed by atoms with van der Waals surface area (Å²) in [5.41, 5.74) is 1.24. The first kappa shape index (κ1) is 27.3. The van der Waals surface area contributed by atoms with Crippen molar-refractivity contribution in [1.29, 1.82) is 0 Å². The number of phenolic OH excluding ortho intramolecular Hbond substituents is 1. The quantitative estimate of drug-likeness (QED) is 0.328. The lowest BCUT2D eigenvalue weighted by molar-refractivity contribution is -0.148. The smallest absolute Gasteiger partial charge is 0.255 e. The van der Waals surface area contributed by atoms with E-state index in [1.165, 1.54) is 11.0 Å². The molecule has 0 spiro atoms.